The summed E-state index contributed by atoms with van der Waals surface area (Å²) in [5.41, 5.74) is 5.42. The average molecular weight is 249 g/mol. The molecule has 4 heteroatoms. The van der Waals surface area contributed by atoms with Gasteiger partial charge in [-0.15, -0.1) is 0 Å². The van der Waals surface area contributed by atoms with E-state index in [4.69, 9.17) is 5.73 Å². The molecule has 1 heterocycles. The highest BCUT2D eigenvalue weighted by Gasteiger charge is 2.36. The number of carbonyl (C=O) groups is 1. The molecule has 0 aromatic carbocycles. The molecule has 0 bridgehead atoms. The van der Waals surface area contributed by atoms with Crippen LogP contribution in [0.1, 0.15) is 39.0 Å². The van der Waals surface area contributed by atoms with E-state index in [0.717, 1.165) is 45.2 Å². The average Bonchev–Trinajstić information content (AvgIpc) is 2.39. The molecule has 2 rings (SSSR count). The van der Waals surface area contributed by atoms with Crippen LogP contribution in [-0.2, 0) is 4.79 Å². The minimum atomic E-state index is -0.183. The van der Waals surface area contributed by atoms with Gasteiger partial charge in [0.25, 0.3) is 0 Å². The fourth-order valence-corrected chi connectivity index (χ4v) is 3.44. The quantitative estimate of drug-likeness (QED) is 0.806. The van der Waals surface area contributed by atoms with Crippen LogP contribution >= 0.6 is 0 Å². The molecule has 1 saturated carbocycles. The van der Waals surface area contributed by atoms with E-state index in [1.54, 1.807) is 0 Å². The summed E-state index contributed by atoms with van der Waals surface area (Å²) in [6, 6.07) is 2.79. The number of carbonyl (C=O) groups excluding carboxylic acids is 1. The fourth-order valence-electron chi connectivity index (χ4n) is 3.44. The molecule has 2 N–H and O–H groups in total. The minimum Gasteiger partial charge on any atom is -0.369 e. The first-order valence-electron chi connectivity index (χ1n) is 7.04. The highest BCUT2D eigenvalue weighted by molar-refractivity contribution is 5.76. The van der Waals surface area contributed by atoms with Crippen LogP contribution in [0, 0.1) is 29.1 Å². The molecular formula is C14H23N3O. The number of primary amides is 1. The summed E-state index contributed by atoms with van der Waals surface area (Å²) >= 11 is 0. The Morgan fingerprint density at radius 3 is 2.83 bits per heavy atom. The van der Waals surface area contributed by atoms with Gasteiger partial charge in [0.15, 0.2) is 0 Å². The highest BCUT2D eigenvalue weighted by Crippen LogP contribution is 2.33. The van der Waals surface area contributed by atoms with Gasteiger partial charge in [-0.2, -0.15) is 5.26 Å². The Kier molecular flexibility index (Phi) is 4.23. The van der Waals surface area contributed by atoms with Gasteiger partial charge >= 0.3 is 0 Å². The molecular weight excluding hydrogens is 226 g/mol. The fraction of sp³-hybridized carbons (Fsp3) is 0.857. The number of rotatable bonds is 2. The Labute approximate surface area is 109 Å². The van der Waals surface area contributed by atoms with Gasteiger partial charge in [0.05, 0.1) is 17.9 Å². The van der Waals surface area contributed by atoms with Crippen molar-refractivity contribution in [2.75, 3.05) is 13.1 Å². The van der Waals surface area contributed by atoms with Gasteiger partial charge in [0.1, 0.15) is 0 Å². The lowest BCUT2D eigenvalue weighted by Crippen LogP contribution is -2.50. The number of hydrogen-bond donors (Lipinski definition) is 1. The first-order chi connectivity index (χ1) is 8.61. The number of amides is 1. The lowest BCUT2D eigenvalue weighted by atomic mass is 9.78. The van der Waals surface area contributed by atoms with E-state index >= 15 is 0 Å². The molecule has 0 spiro atoms. The van der Waals surface area contributed by atoms with Crippen LogP contribution in [0.4, 0.5) is 0 Å². The zero-order chi connectivity index (χ0) is 13.1. The van der Waals surface area contributed by atoms with Crippen LogP contribution in [0.25, 0.3) is 0 Å². The van der Waals surface area contributed by atoms with Crippen molar-refractivity contribution in [1.29, 1.82) is 5.26 Å². The molecule has 4 unspecified atom stereocenters. The molecule has 18 heavy (non-hydrogen) atoms. The second-order valence-electron chi connectivity index (χ2n) is 5.96. The van der Waals surface area contributed by atoms with Crippen LogP contribution < -0.4 is 5.73 Å². The Balaban J connectivity index is 2.04. The SMILES string of the molecule is CC1CCC(C#N)C(N2CCCC(C(N)=O)C2)C1. The van der Waals surface area contributed by atoms with Gasteiger partial charge in [0.2, 0.25) is 5.91 Å². The van der Waals surface area contributed by atoms with E-state index in [2.05, 4.69) is 17.9 Å². The van der Waals surface area contributed by atoms with E-state index in [1.807, 2.05) is 0 Å². The Morgan fingerprint density at radius 2 is 2.17 bits per heavy atom. The third-order valence-electron chi connectivity index (χ3n) is 4.57. The molecule has 0 radical (unpaired) electrons. The third kappa shape index (κ3) is 2.84. The van der Waals surface area contributed by atoms with Crippen LogP contribution in [0.2, 0.25) is 0 Å². The molecule has 4 atom stereocenters. The van der Waals surface area contributed by atoms with Crippen molar-refractivity contribution in [2.24, 2.45) is 23.5 Å². The summed E-state index contributed by atoms with van der Waals surface area (Å²) in [5.74, 6) is 0.619. The van der Waals surface area contributed by atoms with Crippen molar-refractivity contribution in [1.82, 2.24) is 4.90 Å². The monoisotopic (exact) mass is 249 g/mol. The number of piperidine rings is 1. The molecule has 1 saturated heterocycles. The number of nitrogens with two attached hydrogens (primary N) is 1. The summed E-state index contributed by atoms with van der Waals surface area (Å²) in [6.45, 7) is 4.03. The van der Waals surface area contributed by atoms with Crippen molar-refractivity contribution in [3.63, 3.8) is 0 Å². The smallest absolute Gasteiger partial charge is 0.221 e. The van der Waals surface area contributed by atoms with E-state index < -0.39 is 0 Å². The van der Waals surface area contributed by atoms with Gasteiger partial charge < -0.3 is 5.73 Å². The molecule has 100 valence electrons. The van der Waals surface area contributed by atoms with Crippen molar-refractivity contribution in [3.8, 4) is 6.07 Å². The first kappa shape index (κ1) is 13.4. The lowest BCUT2D eigenvalue weighted by molar-refractivity contribution is -0.124. The standard InChI is InChI=1S/C14H23N3O/c1-10-4-5-11(8-15)13(7-10)17-6-2-3-12(9-17)14(16)18/h10-13H,2-7,9H2,1H3,(H2,16,18). The Bertz CT molecular complexity index is 349. The maximum atomic E-state index is 11.3. The minimum absolute atomic E-state index is 0.0182. The second kappa shape index (κ2) is 5.71. The van der Waals surface area contributed by atoms with E-state index in [0.29, 0.717) is 12.0 Å². The van der Waals surface area contributed by atoms with E-state index in [1.165, 1.54) is 0 Å². The molecule has 1 aliphatic heterocycles. The second-order valence-corrected chi connectivity index (χ2v) is 5.96. The molecule has 1 aliphatic carbocycles. The number of likely N-dealkylation sites (tertiary alicyclic amines) is 1. The number of nitriles is 1. The van der Waals surface area contributed by atoms with Gasteiger partial charge in [0, 0.05) is 12.6 Å². The maximum Gasteiger partial charge on any atom is 0.221 e. The molecule has 0 aromatic heterocycles. The van der Waals surface area contributed by atoms with Crippen LogP contribution in [0.15, 0.2) is 0 Å². The van der Waals surface area contributed by atoms with Crippen LogP contribution in [0.3, 0.4) is 0 Å². The first-order valence-corrected chi connectivity index (χ1v) is 7.04. The summed E-state index contributed by atoms with van der Waals surface area (Å²) in [4.78, 5) is 13.7. The van der Waals surface area contributed by atoms with Gasteiger partial charge in [-0.1, -0.05) is 6.92 Å². The van der Waals surface area contributed by atoms with Crippen molar-refractivity contribution < 1.29 is 4.79 Å². The summed E-state index contributed by atoms with van der Waals surface area (Å²) in [6.07, 6.45) is 5.17. The summed E-state index contributed by atoms with van der Waals surface area (Å²) in [7, 11) is 0. The molecule has 0 aromatic rings. The Morgan fingerprint density at radius 1 is 1.39 bits per heavy atom. The highest BCUT2D eigenvalue weighted by atomic mass is 16.1. The van der Waals surface area contributed by atoms with E-state index in [-0.39, 0.29) is 17.7 Å². The third-order valence-corrected chi connectivity index (χ3v) is 4.57. The number of hydrogen-bond acceptors (Lipinski definition) is 3. The molecule has 1 amide bonds. The predicted octanol–water partition coefficient (Wildman–Crippen LogP) is 1.51. The molecule has 4 nitrogen and oxygen atoms in total. The van der Waals surface area contributed by atoms with E-state index in [9.17, 15) is 10.1 Å². The largest absolute Gasteiger partial charge is 0.369 e. The Hall–Kier alpha value is -1.08. The summed E-state index contributed by atoms with van der Waals surface area (Å²) in [5, 5.41) is 9.29. The number of nitrogens with zero attached hydrogens (tertiary/aromatic N) is 2. The molecule has 2 aliphatic rings. The van der Waals surface area contributed by atoms with Crippen LogP contribution in [0.5, 0.6) is 0 Å². The van der Waals surface area contributed by atoms with Gasteiger partial charge in [-0.25, -0.2) is 0 Å². The lowest BCUT2D eigenvalue weighted by Gasteiger charge is -2.42. The van der Waals surface area contributed by atoms with Crippen molar-refractivity contribution >= 4 is 5.91 Å². The van der Waals surface area contributed by atoms with Crippen molar-refractivity contribution in [2.45, 2.75) is 45.1 Å². The zero-order valence-corrected chi connectivity index (χ0v) is 11.1. The predicted molar refractivity (Wildman–Crippen MR) is 69.4 cm³/mol. The molecule has 2 fully saturated rings. The summed E-state index contributed by atoms with van der Waals surface area (Å²) < 4.78 is 0. The zero-order valence-electron chi connectivity index (χ0n) is 11.1. The van der Waals surface area contributed by atoms with Crippen molar-refractivity contribution in [3.05, 3.63) is 0 Å². The van der Waals surface area contributed by atoms with Gasteiger partial charge in [-0.05, 0) is 44.6 Å². The normalized spacial score (nSPS) is 38.0. The maximum absolute atomic E-state index is 11.3. The van der Waals surface area contributed by atoms with Crippen LogP contribution in [-0.4, -0.2) is 29.9 Å². The van der Waals surface area contributed by atoms with Gasteiger partial charge in [-0.3, -0.25) is 9.69 Å². The topological polar surface area (TPSA) is 70.1 Å².